The largest absolute Gasteiger partial charge is 0.452 e. The maximum absolute atomic E-state index is 12.6. The van der Waals surface area contributed by atoms with Gasteiger partial charge in [-0.1, -0.05) is 0 Å². The molecule has 0 unspecified atom stereocenters. The van der Waals surface area contributed by atoms with E-state index in [9.17, 15) is 19.7 Å². The Labute approximate surface area is 155 Å². The molecule has 0 spiro atoms. The summed E-state index contributed by atoms with van der Waals surface area (Å²) in [7, 11) is 0. The minimum atomic E-state index is -0.762. The summed E-state index contributed by atoms with van der Waals surface area (Å²) in [6.07, 6.45) is 0. The van der Waals surface area contributed by atoms with Crippen molar-refractivity contribution in [2.45, 2.75) is 0 Å². The van der Waals surface area contributed by atoms with E-state index in [0.29, 0.717) is 58.3 Å². The van der Waals surface area contributed by atoms with Gasteiger partial charge in [0.15, 0.2) is 6.61 Å². The number of benzene rings is 1. The predicted molar refractivity (Wildman–Crippen MR) is 93.8 cm³/mol. The molecule has 10 heteroatoms. The van der Waals surface area contributed by atoms with Gasteiger partial charge in [0.1, 0.15) is 0 Å². The Balaban J connectivity index is 1.73. The SMILES string of the molecule is O=C(OCC(=O)N1CCOCC1)c1cc([N+](=O)[O-])ccc1N1CCOCC1. The van der Waals surface area contributed by atoms with Crippen molar-refractivity contribution in [2.75, 3.05) is 64.1 Å². The molecule has 2 fully saturated rings. The Morgan fingerprint density at radius 2 is 1.70 bits per heavy atom. The van der Waals surface area contributed by atoms with E-state index < -0.39 is 17.5 Å². The molecule has 2 aliphatic heterocycles. The fraction of sp³-hybridized carbons (Fsp3) is 0.529. The second-order valence-corrected chi connectivity index (χ2v) is 6.13. The number of hydrogen-bond acceptors (Lipinski definition) is 8. The molecule has 0 bridgehead atoms. The fourth-order valence-electron chi connectivity index (χ4n) is 2.99. The van der Waals surface area contributed by atoms with E-state index in [0.717, 1.165) is 0 Å². The second-order valence-electron chi connectivity index (χ2n) is 6.13. The number of carbonyl (C=O) groups is 2. The molecular weight excluding hydrogens is 358 g/mol. The smallest absolute Gasteiger partial charge is 0.341 e. The zero-order valence-electron chi connectivity index (χ0n) is 14.8. The van der Waals surface area contributed by atoms with Crippen molar-refractivity contribution in [1.29, 1.82) is 0 Å². The topological polar surface area (TPSA) is 111 Å². The Morgan fingerprint density at radius 1 is 1.07 bits per heavy atom. The summed E-state index contributed by atoms with van der Waals surface area (Å²) < 4.78 is 15.6. The van der Waals surface area contributed by atoms with Gasteiger partial charge in [-0.3, -0.25) is 14.9 Å². The average Bonchev–Trinajstić information content (AvgIpc) is 2.72. The van der Waals surface area contributed by atoms with E-state index in [-0.39, 0.29) is 17.2 Å². The molecule has 1 amide bonds. The molecule has 1 aromatic rings. The van der Waals surface area contributed by atoms with Crippen molar-refractivity contribution in [3.8, 4) is 0 Å². The number of anilines is 1. The van der Waals surface area contributed by atoms with Gasteiger partial charge in [-0.15, -0.1) is 0 Å². The molecule has 3 rings (SSSR count). The molecule has 2 heterocycles. The van der Waals surface area contributed by atoms with Crippen LogP contribution in [0.5, 0.6) is 0 Å². The van der Waals surface area contributed by atoms with Gasteiger partial charge in [0, 0.05) is 38.3 Å². The van der Waals surface area contributed by atoms with Crippen LogP contribution in [0, 0.1) is 10.1 Å². The molecule has 146 valence electrons. The van der Waals surface area contributed by atoms with Crippen LogP contribution in [0.1, 0.15) is 10.4 Å². The lowest BCUT2D eigenvalue weighted by atomic mass is 10.1. The summed E-state index contributed by atoms with van der Waals surface area (Å²) in [4.78, 5) is 38.7. The molecule has 0 aromatic heterocycles. The number of nitro benzene ring substituents is 1. The van der Waals surface area contributed by atoms with Crippen molar-refractivity contribution < 1.29 is 28.7 Å². The molecule has 0 radical (unpaired) electrons. The number of non-ortho nitro benzene ring substituents is 1. The van der Waals surface area contributed by atoms with Gasteiger partial charge in [0.25, 0.3) is 11.6 Å². The Hall–Kier alpha value is -2.72. The molecule has 1 aromatic carbocycles. The molecule has 10 nitrogen and oxygen atoms in total. The lowest BCUT2D eigenvalue weighted by Crippen LogP contribution is -2.42. The molecule has 0 N–H and O–H groups in total. The number of hydrogen-bond donors (Lipinski definition) is 0. The normalized spacial score (nSPS) is 17.5. The highest BCUT2D eigenvalue weighted by Gasteiger charge is 2.24. The van der Waals surface area contributed by atoms with Crippen LogP contribution in [0.15, 0.2) is 18.2 Å². The van der Waals surface area contributed by atoms with Gasteiger partial charge < -0.3 is 24.0 Å². The van der Waals surface area contributed by atoms with Crippen molar-refractivity contribution in [2.24, 2.45) is 0 Å². The first-order valence-electron chi connectivity index (χ1n) is 8.70. The number of carbonyl (C=O) groups excluding carboxylic acids is 2. The van der Waals surface area contributed by atoms with Gasteiger partial charge in [-0.05, 0) is 6.07 Å². The molecular formula is C17H21N3O7. The highest BCUT2D eigenvalue weighted by atomic mass is 16.6. The maximum atomic E-state index is 12.6. The van der Waals surface area contributed by atoms with Gasteiger partial charge in [-0.2, -0.15) is 0 Å². The fourth-order valence-corrected chi connectivity index (χ4v) is 2.99. The van der Waals surface area contributed by atoms with Crippen LogP contribution in [0.2, 0.25) is 0 Å². The highest BCUT2D eigenvalue weighted by molar-refractivity contribution is 5.97. The molecule has 27 heavy (non-hydrogen) atoms. The third kappa shape index (κ3) is 4.72. The second kappa shape index (κ2) is 8.78. The van der Waals surface area contributed by atoms with Crippen LogP contribution in [0.25, 0.3) is 0 Å². The van der Waals surface area contributed by atoms with Crippen LogP contribution in [0.4, 0.5) is 11.4 Å². The standard InChI is InChI=1S/C17H21N3O7/c21-16(19-5-9-26-10-6-19)12-27-17(22)14-11-13(20(23)24)1-2-15(14)18-3-7-25-8-4-18/h1-2,11H,3-10,12H2. The molecule has 0 atom stereocenters. The van der Waals surface area contributed by atoms with E-state index in [4.69, 9.17) is 14.2 Å². The summed E-state index contributed by atoms with van der Waals surface area (Å²) >= 11 is 0. The lowest BCUT2D eigenvalue weighted by molar-refractivity contribution is -0.384. The monoisotopic (exact) mass is 379 g/mol. The van der Waals surface area contributed by atoms with Gasteiger partial charge in [0.2, 0.25) is 0 Å². The average molecular weight is 379 g/mol. The summed E-state index contributed by atoms with van der Waals surface area (Å²) in [6, 6.07) is 4.07. The number of morpholine rings is 2. The molecule has 0 aliphatic carbocycles. The summed E-state index contributed by atoms with van der Waals surface area (Å²) in [6.45, 7) is 3.51. The first-order chi connectivity index (χ1) is 13.1. The lowest BCUT2D eigenvalue weighted by Gasteiger charge is -2.30. The number of rotatable bonds is 5. The van der Waals surface area contributed by atoms with Gasteiger partial charge in [0.05, 0.1) is 42.6 Å². The van der Waals surface area contributed by atoms with Crippen LogP contribution in [0.3, 0.4) is 0 Å². The Bertz CT molecular complexity index is 712. The number of ether oxygens (including phenoxy) is 3. The third-order valence-corrected chi connectivity index (χ3v) is 4.45. The van der Waals surface area contributed by atoms with Crippen molar-refractivity contribution in [3.63, 3.8) is 0 Å². The van der Waals surface area contributed by atoms with Crippen molar-refractivity contribution in [1.82, 2.24) is 4.90 Å². The van der Waals surface area contributed by atoms with Gasteiger partial charge in [-0.25, -0.2) is 4.79 Å². The molecule has 0 saturated carbocycles. The highest BCUT2D eigenvalue weighted by Crippen LogP contribution is 2.27. The van der Waals surface area contributed by atoms with E-state index in [1.54, 1.807) is 4.90 Å². The summed E-state index contributed by atoms with van der Waals surface area (Å²) in [5, 5.41) is 11.1. The Morgan fingerprint density at radius 3 is 2.33 bits per heavy atom. The number of nitro groups is 1. The summed E-state index contributed by atoms with van der Waals surface area (Å²) in [5.41, 5.74) is 0.395. The first-order valence-corrected chi connectivity index (χ1v) is 8.70. The minimum Gasteiger partial charge on any atom is -0.452 e. The third-order valence-electron chi connectivity index (χ3n) is 4.45. The van der Waals surface area contributed by atoms with E-state index in [1.165, 1.54) is 18.2 Å². The zero-order chi connectivity index (χ0) is 19.2. The first kappa shape index (κ1) is 19.1. The maximum Gasteiger partial charge on any atom is 0.341 e. The van der Waals surface area contributed by atoms with E-state index >= 15 is 0 Å². The van der Waals surface area contributed by atoms with E-state index in [2.05, 4.69) is 0 Å². The van der Waals surface area contributed by atoms with Crippen LogP contribution >= 0.6 is 0 Å². The van der Waals surface area contributed by atoms with Gasteiger partial charge >= 0.3 is 5.97 Å². The van der Waals surface area contributed by atoms with Crippen LogP contribution in [-0.4, -0.2) is 80.9 Å². The molecule has 2 aliphatic rings. The predicted octanol–water partition coefficient (Wildman–Crippen LogP) is 0.447. The summed E-state index contributed by atoms with van der Waals surface area (Å²) in [5.74, 6) is -1.08. The van der Waals surface area contributed by atoms with Crippen molar-refractivity contribution in [3.05, 3.63) is 33.9 Å². The van der Waals surface area contributed by atoms with Crippen LogP contribution < -0.4 is 4.90 Å². The number of nitrogens with zero attached hydrogens (tertiary/aromatic N) is 3. The number of esters is 1. The van der Waals surface area contributed by atoms with Crippen molar-refractivity contribution >= 4 is 23.3 Å². The van der Waals surface area contributed by atoms with E-state index in [1.807, 2.05) is 4.90 Å². The minimum absolute atomic E-state index is 0.0703. The Kier molecular flexibility index (Phi) is 6.20. The van der Waals surface area contributed by atoms with Crippen LogP contribution in [-0.2, 0) is 19.0 Å². The number of amides is 1. The quantitative estimate of drug-likeness (QED) is 0.412. The molecule has 2 saturated heterocycles. The zero-order valence-corrected chi connectivity index (χ0v) is 14.8.